The van der Waals surface area contributed by atoms with Crippen LogP contribution in [0, 0.1) is 0 Å². The minimum Gasteiger partial charge on any atom is -0.342 e. The van der Waals surface area contributed by atoms with Crippen molar-refractivity contribution in [3.8, 4) is 0 Å². The van der Waals surface area contributed by atoms with Crippen molar-refractivity contribution in [3.05, 3.63) is 102 Å². The quantitative estimate of drug-likeness (QED) is 0.588. The first-order chi connectivity index (χ1) is 13.2. The average molecular weight is 355 g/mol. The first kappa shape index (κ1) is 17.0. The van der Waals surface area contributed by atoms with Gasteiger partial charge < -0.3 is 9.88 Å². The molecule has 0 spiro atoms. The molecule has 1 heterocycles. The van der Waals surface area contributed by atoms with Crippen LogP contribution < -0.4 is 5.32 Å². The third kappa shape index (κ3) is 3.75. The van der Waals surface area contributed by atoms with Crippen LogP contribution in [0.5, 0.6) is 0 Å². The molecule has 1 N–H and O–H groups in total. The predicted molar refractivity (Wildman–Crippen MR) is 107 cm³/mol. The Morgan fingerprint density at radius 3 is 2.48 bits per heavy atom. The van der Waals surface area contributed by atoms with Gasteiger partial charge in [0.2, 0.25) is 5.91 Å². The Balaban J connectivity index is 1.57. The standard InChI is InChI=1S/C23H21N3O/c1-26-14-13-24-23(26)22(19-8-3-2-4-9-19)25-21(27)16-17-11-12-18-7-5-6-10-20(18)15-17/h2-15,22H,16H2,1H3,(H,25,27). The van der Waals surface area contributed by atoms with Crippen LogP contribution in [0.2, 0.25) is 0 Å². The summed E-state index contributed by atoms with van der Waals surface area (Å²) in [5.74, 6) is 0.787. The second-order valence-electron chi connectivity index (χ2n) is 6.67. The normalized spacial score (nSPS) is 12.0. The van der Waals surface area contributed by atoms with Crippen LogP contribution in [0.3, 0.4) is 0 Å². The zero-order chi connectivity index (χ0) is 18.6. The maximum absolute atomic E-state index is 12.8. The first-order valence-electron chi connectivity index (χ1n) is 9.00. The summed E-state index contributed by atoms with van der Waals surface area (Å²) >= 11 is 0. The minimum atomic E-state index is -0.279. The molecule has 1 aromatic heterocycles. The topological polar surface area (TPSA) is 46.9 Å². The van der Waals surface area contributed by atoms with Gasteiger partial charge in [0, 0.05) is 19.4 Å². The maximum Gasteiger partial charge on any atom is 0.225 e. The van der Waals surface area contributed by atoms with E-state index in [0.29, 0.717) is 6.42 Å². The molecule has 27 heavy (non-hydrogen) atoms. The second kappa shape index (κ2) is 7.46. The van der Waals surface area contributed by atoms with Gasteiger partial charge in [-0.1, -0.05) is 72.8 Å². The summed E-state index contributed by atoms with van der Waals surface area (Å²) in [5.41, 5.74) is 2.01. The molecule has 4 aromatic rings. The molecule has 134 valence electrons. The highest BCUT2D eigenvalue weighted by Gasteiger charge is 2.20. The zero-order valence-corrected chi connectivity index (χ0v) is 15.2. The highest BCUT2D eigenvalue weighted by atomic mass is 16.1. The van der Waals surface area contributed by atoms with E-state index in [0.717, 1.165) is 22.3 Å². The second-order valence-corrected chi connectivity index (χ2v) is 6.67. The number of fused-ring (bicyclic) bond motifs is 1. The zero-order valence-electron chi connectivity index (χ0n) is 15.2. The highest BCUT2D eigenvalue weighted by Crippen LogP contribution is 2.21. The van der Waals surface area contributed by atoms with Gasteiger partial charge in [-0.05, 0) is 21.9 Å². The number of amides is 1. The van der Waals surface area contributed by atoms with E-state index in [-0.39, 0.29) is 11.9 Å². The Morgan fingerprint density at radius 1 is 1.00 bits per heavy atom. The number of carbonyl (C=O) groups is 1. The van der Waals surface area contributed by atoms with E-state index in [2.05, 4.69) is 34.6 Å². The molecular weight excluding hydrogens is 334 g/mol. The lowest BCUT2D eigenvalue weighted by Crippen LogP contribution is -2.32. The lowest BCUT2D eigenvalue weighted by atomic mass is 10.0. The number of hydrogen-bond acceptors (Lipinski definition) is 2. The van der Waals surface area contributed by atoms with Crippen LogP contribution in [0.4, 0.5) is 0 Å². The van der Waals surface area contributed by atoms with Gasteiger partial charge in [0.25, 0.3) is 0 Å². The van der Waals surface area contributed by atoms with Crippen molar-refractivity contribution in [2.24, 2.45) is 7.05 Å². The monoisotopic (exact) mass is 355 g/mol. The molecule has 4 nitrogen and oxygen atoms in total. The van der Waals surface area contributed by atoms with Crippen molar-refractivity contribution in [2.75, 3.05) is 0 Å². The van der Waals surface area contributed by atoms with E-state index < -0.39 is 0 Å². The fourth-order valence-corrected chi connectivity index (χ4v) is 3.34. The fourth-order valence-electron chi connectivity index (χ4n) is 3.34. The van der Waals surface area contributed by atoms with E-state index >= 15 is 0 Å². The predicted octanol–water partition coefficient (Wildman–Crippen LogP) is 4.02. The van der Waals surface area contributed by atoms with E-state index in [4.69, 9.17) is 0 Å². The van der Waals surface area contributed by atoms with Gasteiger partial charge in [0.05, 0.1) is 6.42 Å². The van der Waals surface area contributed by atoms with Gasteiger partial charge in [0.15, 0.2) is 0 Å². The molecular formula is C23H21N3O. The first-order valence-corrected chi connectivity index (χ1v) is 9.00. The van der Waals surface area contributed by atoms with Crippen molar-refractivity contribution in [1.82, 2.24) is 14.9 Å². The van der Waals surface area contributed by atoms with Crippen LogP contribution in [-0.2, 0) is 18.3 Å². The van der Waals surface area contributed by atoms with Crippen LogP contribution >= 0.6 is 0 Å². The Labute approximate surface area is 158 Å². The Morgan fingerprint density at radius 2 is 1.74 bits per heavy atom. The third-order valence-electron chi connectivity index (χ3n) is 4.73. The molecule has 0 radical (unpaired) electrons. The average Bonchev–Trinajstić information content (AvgIpc) is 3.12. The molecule has 1 amide bonds. The molecule has 0 bridgehead atoms. The number of aromatic nitrogens is 2. The number of benzene rings is 3. The largest absolute Gasteiger partial charge is 0.342 e. The van der Waals surface area contributed by atoms with Gasteiger partial charge in [-0.15, -0.1) is 0 Å². The molecule has 0 fully saturated rings. The smallest absolute Gasteiger partial charge is 0.225 e. The number of nitrogens with one attached hydrogen (secondary N) is 1. The van der Waals surface area contributed by atoms with Crippen molar-refractivity contribution in [1.29, 1.82) is 0 Å². The molecule has 0 aliphatic carbocycles. The van der Waals surface area contributed by atoms with Gasteiger partial charge in [-0.3, -0.25) is 4.79 Å². The lowest BCUT2D eigenvalue weighted by Gasteiger charge is -2.19. The Kier molecular flexibility index (Phi) is 4.71. The summed E-state index contributed by atoms with van der Waals surface area (Å²) in [4.78, 5) is 17.2. The minimum absolute atomic E-state index is 0.0258. The van der Waals surface area contributed by atoms with E-state index in [1.54, 1.807) is 6.20 Å². The van der Waals surface area contributed by atoms with E-state index in [1.807, 2.05) is 66.3 Å². The summed E-state index contributed by atoms with van der Waals surface area (Å²) < 4.78 is 1.94. The summed E-state index contributed by atoms with van der Waals surface area (Å²) in [6, 6.07) is 24.0. The Bertz CT molecular complexity index is 1070. The molecule has 1 atom stereocenters. The van der Waals surface area contributed by atoms with Gasteiger partial charge in [-0.2, -0.15) is 0 Å². The number of carbonyl (C=O) groups excluding carboxylic acids is 1. The Hall–Kier alpha value is -3.40. The lowest BCUT2D eigenvalue weighted by molar-refractivity contribution is -0.121. The van der Waals surface area contributed by atoms with Crippen LogP contribution in [-0.4, -0.2) is 15.5 Å². The van der Waals surface area contributed by atoms with Gasteiger partial charge >= 0.3 is 0 Å². The number of imidazole rings is 1. The molecule has 3 aromatic carbocycles. The van der Waals surface area contributed by atoms with Crippen LogP contribution in [0.15, 0.2) is 85.2 Å². The van der Waals surface area contributed by atoms with Gasteiger partial charge in [-0.25, -0.2) is 4.98 Å². The van der Waals surface area contributed by atoms with Gasteiger partial charge in [0.1, 0.15) is 11.9 Å². The molecule has 4 heteroatoms. The molecule has 0 saturated heterocycles. The van der Waals surface area contributed by atoms with Crippen molar-refractivity contribution >= 4 is 16.7 Å². The third-order valence-corrected chi connectivity index (χ3v) is 4.73. The molecule has 0 aliphatic rings. The molecule has 0 saturated carbocycles. The summed E-state index contributed by atoms with van der Waals surface area (Å²) in [6.45, 7) is 0. The fraction of sp³-hybridized carbons (Fsp3) is 0.130. The van der Waals surface area contributed by atoms with Crippen molar-refractivity contribution < 1.29 is 4.79 Å². The number of nitrogens with zero attached hydrogens (tertiary/aromatic N) is 2. The highest BCUT2D eigenvalue weighted by molar-refractivity contribution is 5.85. The number of rotatable bonds is 5. The molecule has 1 unspecified atom stereocenters. The van der Waals surface area contributed by atoms with Crippen LogP contribution in [0.1, 0.15) is 23.0 Å². The summed E-state index contributed by atoms with van der Waals surface area (Å²) in [7, 11) is 1.94. The summed E-state index contributed by atoms with van der Waals surface area (Å²) in [5, 5.41) is 5.47. The van der Waals surface area contributed by atoms with Crippen molar-refractivity contribution in [2.45, 2.75) is 12.5 Å². The summed E-state index contributed by atoms with van der Waals surface area (Å²) in [6.07, 6.45) is 3.97. The van der Waals surface area contributed by atoms with E-state index in [1.165, 1.54) is 5.39 Å². The van der Waals surface area contributed by atoms with Crippen molar-refractivity contribution in [3.63, 3.8) is 0 Å². The van der Waals surface area contributed by atoms with Crippen LogP contribution in [0.25, 0.3) is 10.8 Å². The molecule has 4 rings (SSSR count). The number of hydrogen-bond donors (Lipinski definition) is 1. The SMILES string of the molecule is Cn1ccnc1C(NC(=O)Cc1ccc2ccccc2c1)c1ccccc1. The number of aryl methyl sites for hydroxylation is 1. The van der Waals surface area contributed by atoms with E-state index in [9.17, 15) is 4.79 Å². The maximum atomic E-state index is 12.8. The molecule has 0 aliphatic heterocycles.